The molecule has 0 unspecified atom stereocenters. The molecule has 0 bridgehead atoms. The van der Waals surface area contributed by atoms with Gasteiger partial charge in [0.2, 0.25) is 0 Å². The molecule has 5 heteroatoms. The molecule has 0 fully saturated rings. The molecule has 2 aromatic rings. The van der Waals surface area contributed by atoms with Crippen molar-refractivity contribution in [2.24, 2.45) is 0 Å². The van der Waals surface area contributed by atoms with Crippen molar-refractivity contribution in [1.29, 1.82) is 0 Å². The maximum Gasteiger partial charge on any atom is 0.138 e. The number of hydrogen-bond acceptors (Lipinski definition) is 3. The van der Waals surface area contributed by atoms with E-state index < -0.39 is 0 Å². The van der Waals surface area contributed by atoms with Gasteiger partial charge in [0.1, 0.15) is 17.0 Å². The minimum atomic E-state index is 0.373. The molecule has 0 radical (unpaired) electrons. The van der Waals surface area contributed by atoms with E-state index in [2.05, 4.69) is 39.9 Å². The first kappa shape index (κ1) is 12.1. The predicted octanol–water partition coefficient (Wildman–Crippen LogP) is 3.20. The van der Waals surface area contributed by atoms with Crippen molar-refractivity contribution in [3.05, 3.63) is 40.9 Å². The number of ether oxygens (including phenoxy) is 1. The molecule has 0 aliphatic heterocycles. The molecule has 2 rings (SSSR count). The topological polar surface area (TPSA) is 39.9 Å². The SMILES string of the molecule is CC(C)n1ccc(COc2ccc(Br)nc2)n1. The fraction of sp³-hybridized carbons (Fsp3) is 0.333. The number of rotatable bonds is 4. The Kier molecular flexibility index (Phi) is 3.78. The fourth-order valence-corrected chi connectivity index (χ4v) is 1.58. The Morgan fingerprint density at radius 3 is 2.76 bits per heavy atom. The summed E-state index contributed by atoms with van der Waals surface area (Å²) in [5.74, 6) is 0.743. The van der Waals surface area contributed by atoms with Gasteiger partial charge in [0, 0.05) is 12.2 Å². The fourth-order valence-electron chi connectivity index (χ4n) is 1.35. The number of hydrogen-bond donors (Lipinski definition) is 0. The third-order valence-corrected chi connectivity index (χ3v) is 2.75. The van der Waals surface area contributed by atoms with Gasteiger partial charge >= 0.3 is 0 Å². The molecule has 0 aromatic carbocycles. The van der Waals surface area contributed by atoms with Crippen LogP contribution in [0.2, 0.25) is 0 Å². The summed E-state index contributed by atoms with van der Waals surface area (Å²) in [5.41, 5.74) is 0.918. The van der Waals surface area contributed by atoms with E-state index in [1.54, 1.807) is 6.20 Å². The summed E-state index contributed by atoms with van der Waals surface area (Å²) < 4.78 is 8.30. The summed E-state index contributed by atoms with van der Waals surface area (Å²) in [6, 6.07) is 6.06. The van der Waals surface area contributed by atoms with Crippen molar-refractivity contribution in [3.8, 4) is 5.75 Å². The highest BCUT2D eigenvalue weighted by Crippen LogP contribution is 2.14. The van der Waals surface area contributed by atoms with Gasteiger partial charge in [-0.2, -0.15) is 5.10 Å². The zero-order valence-electron chi connectivity index (χ0n) is 9.80. The molecule has 4 nitrogen and oxygen atoms in total. The summed E-state index contributed by atoms with van der Waals surface area (Å²) in [6.07, 6.45) is 3.65. The molecular formula is C12H14BrN3O. The molecule has 2 aromatic heterocycles. The third-order valence-electron chi connectivity index (χ3n) is 2.28. The van der Waals surface area contributed by atoms with Crippen LogP contribution in [0.15, 0.2) is 35.2 Å². The predicted molar refractivity (Wildman–Crippen MR) is 68.9 cm³/mol. The van der Waals surface area contributed by atoms with Crippen LogP contribution in [0.4, 0.5) is 0 Å². The van der Waals surface area contributed by atoms with E-state index >= 15 is 0 Å². The average molecular weight is 296 g/mol. The van der Waals surface area contributed by atoms with E-state index in [9.17, 15) is 0 Å². The summed E-state index contributed by atoms with van der Waals surface area (Å²) in [7, 11) is 0. The first-order chi connectivity index (χ1) is 8.15. The molecule has 0 amide bonds. The number of aromatic nitrogens is 3. The largest absolute Gasteiger partial charge is 0.486 e. The highest BCUT2D eigenvalue weighted by atomic mass is 79.9. The Labute approximate surface area is 109 Å². The lowest BCUT2D eigenvalue weighted by molar-refractivity contribution is 0.297. The summed E-state index contributed by atoms with van der Waals surface area (Å²) in [6.45, 7) is 4.65. The monoisotopic (exact) mass is 295 g/mol. The number of nitrogens with zero attached hydrogens (tertiary/aromatic N) is 3. The Bertz CT molecular complexity index is 479. The van der Waals surface area contributed by atoms with Crippen molar-refractivity contribution in [3.63, 3.8) is 0 Å². The first-order valence-electron chi connectivity index (χ1n) is 5.43. The molecule has 0 aliphatic rings. The Balaban J connectivity index is 1.95. The van der Waals surface area contributed by atoms with Crippen molar-refractivity contribution < 1.29 is 4.74 Å². The van der Waals surface area contributed by atoms with Crippen LogP contribution < -0.4 is 4.74 Å². The van der Waals surface area contributed by atoms with Crippen molar-refractivity contribution in [2.45, 2.75) is 26.5 Å². The van der Waals surface area contributed by atoms with Gasteiger partial charge in [-0.25, -0.2) is 4.98 Å². The van der Waals surface area contributed by atoms with Crippen LogP contribution >= 0.6 is 15.9 Å². The van der Waals surface area contributed by atoms with Gasteiger partial charge in [-0.3, -0.25) is 4.68 Å². The second kappa shape index (κ2) is 5.31. The van der Waals surface area contributed by atoms with E-state index in [1.165, 1.54) is 0 Å². The molecule has 17 heavy (non-hydrogen) atoms. The van der Waals surface area contributed by atoms with Crippen LogP contribution in [-0.2, 0) is 6.61 Å². The van der Waals surface area contributed by atoms with Crippen LogP contribution in [0.3, 0.4) is 0 Å². The van der Waals surface area contributed by atoms with Crippen LogP contribution in [0.1, 0.15) is 25.6 Å². The standard InChI is InChI=1S/C12H14BrN3O/c1-9(2)16-6-5-10(15-16)8-17-11-3-4-12(13)14-7-11/h3-7,9H,8H2,1-2H3. The molecule has 0 N–H and O–H groups in total. The quantitative estimate of drug-likeness (QED) is 0.813. The first-order valence-corrected chi connectivity index (χ1v) is 6.23. The molecular weight excluding hydrogens is 282 g/mol. The second-order valence-electron chi connectivity index (χ2n) is 3.99. The highest BCUT2D eigenvalue weighted by Gasteiger charge is 2.03. The van der Waals surface area contributed by atoms with Crippen LogP contribution in [0.5, 0.6) is 5.75 Å². The lowest BCUT2D eigenvalue weighted by Gasteiger charge is -2.05. The second-order valence-corrected chi connectivity index (χ2v) is 4.80. The van der Waals surface area contributed by atoms with Gasteiger partial charge in [-0.15, -0.1) is 0 Å². The zero-order valence-corrected chi connectivity index (χ0v) is 11.4. The van der Waals surface area contributed by atoms with E-state index in [4.69, 9.17) is 4.74 Å². The summed E-state index contributed by atoms with van der Waals surface area (Å²) >= 11 is 3.28. The van der Waals surface area contributed by atoms with Crippen LogP contribution in [0, 0.1) is 0 Å². The lowest BCUT2D eigenvalue weighted by atomic mass is 10.4. The maximum atomic E-state index is 5.58. The van der Waals surface area contributed by atoms with E-state index in [1.807, 2.05) is 29.1 Å². The zero-order chi connectivity index (χ0) is 12.3. The van der Waals surface area contributed by atoms with Crippen molar-refractivity contribution >= 4 is 15.9 Å². The molecule has 0 aliphatic carbocycles. The smallest absolute Gasteiger partial charge is 0.138 e. The Morgan fingerprint density at radius 1 is 1.35 bits per heavy atom. The van der Waals surface area contributed by atoms with E-state index in [0.717, 1.165) is 16.0 Å². The molecule has 0 spiro atoms. The van der Waals surface area contributed by atoms with Crippen molar-refractivity contribution in [2.75, 3.05) is 0 Å². The van der Waals surface area contributed by atoms with Gasteiger partial charge in [-0.1, -0.05) is 0 Å². The molecule has 90 valence electrons. The minimum Gasteiger partial charge on any atom is -0.486 e. The van der Waals surface area contributed by atoms with Gasteiger partial charge in [0.25, 0.3) is 0 Å². The van der Waals surface area contributed by atoms with E-state index in [0.29, 0.717) is 12.6 Å². The molecule has 0 saturated carbocycles. The number of halogens is 1. The van der Waals surface area contributed by atoms with Gasteiger partial charge < -0.3 is 4.74 Å². The average Bonchev–Trinajstić information content (AvgIpc) is 2.77. The molecule has 0 atom stereocenters. The lowest BCUT2D eigenvalue weighted by Crippen LogP contribution is -2.03. The normalized spacial score (nSPS) is 10.8. The Hall–Kier alpha value is -1.36. The Morgan fingerprint density at radius 2 is 2.18 bits per heavy atom. The van der Waals surface area contributed by atoms with Gasteiger partial charge in [0.15, 0.2) is 0 Å². The minimum absolute atomic E-state index is 0.373. The van der Waals surface area contributed by atoms with Gasteiger partial charge in [0.05, 0.1) is 11.9 Å². The van der Waals surface area contributed by atoms with Gasteiger partial charge in [-0.05, 0) is 48.0 Å². The molecule has 2 heterocycles. The molecule has 0 saturated heterocycles. The van der Waals surface area contributed by atoms with Crippen LogP contribution in [0.25, 0.3) is 0 Å². The summed E-state index contributed by atoms with van der Waals surface area (Å²) in [5, 5.41) is 4.40. The maximum absolute atomic E-state index is 5.58. The third kappa shape index (κ3) is 3.30. The van der Waals surface area contributed by atoms with Crippen molar-refractivity contribution in [1.82, 2.24) is 14.8 Å². The number of pyridine rings is 1. The summed E-state index contributed by atoms with van der Waals surface area (Å²) in [4.78, 5) is 4.09. The van der Waals surface area contributed by atoms with E-state index in [-0.39, 0.29) is 0 Å². The highest BCUT2D eigenvalue weighted by molar-refractivity contribution is 9.10. The van der Waals surface area contributed by atoms with Crippen LogP contribution in [-0.4, -0.2) is 14.8 Å².